The molecule has 5 nitrogen and oxygen atoms in total. The van der Waals surface area contributed by atoms with Crippen LogP contribution in [0, 0.1) is 5.92 Å². The Morgan fingerprint density at radius 2 is 2.00 bits per heavy atom. The maximum absolute atomic E-state index is 12.0. The van der Waals surface area contributed by atoms with Gasteiger partial charge in [0.15, 0.2) is 9.84 Å². The minimum Gasteiger partial charge on any atom is -0.338 e. The van der Waals surface area contributed by atoms with Crippen molar-refractivity contribution >= 4 is 28.2 Å². The molecular weight excluding hydrogens is 288 g/mol. The summed E-state index contributed by atoms with van der Waals surface area (Å²) in [5.41, 5.74) is 0. The molecule has 0 aromatic rings. The van der Waals surface area contributed by atoms with Crippen LogP contribution in [0.5, 0.6) is 0 Å². The number of sulfone groups is 1. The molecule has 1 N–H and O–H groups in total. The van der Waals surface area contributed by atoms with Crippen molar-refractivity contribution in [2.45, 2.75) is 32.2 Å². The number of nitrogens with one attached hydrogen (secondary N) is 1. The summed E-state index contributed by atoms with van der Waals surface area (Å²) in [6, 6.07) is -0.116. The van der Waals surface area contributed by atoms with Crippen LogP contribution in [0.4, 0.5) is 0 Å². The first kappa shape index (κ1) is 16.7. The second-order valence-corrected chi connectivity index (χ2v) is 7.54. The van der Waals surface area contributed by atoms with Crippen LogP contribution in [-0.4, -0.2) is 56.4 Å². The van der Waals surface area contributed by atoms with E-state index in [9.17, 15) is 13.2 Å². The zero-order chi connectivity index (χ0) is 13.2. The van der Waals surface area contributed by atoms with E-state index in [0.29, 0.717) is 19.5 Å². The van der Waals surface area contributed by atoms with Gasteiger partial charge in [0, 0.05) is 12.6 Å². The molecule has 112 valence electrons. The Bertz CT molecular complexity index is 409. The Morgan fingerprint density at radius 1 is 1.32 bits per heavy atom. The molecule has 19 heavy (non-hydrogen) atoms. The first-order valence-corrected chi connectivity index (χ1v) is 8.54. The third-order valence-corrected chi connectivity index (χ3v) is 5.47. The average molecular weight is 311 g/mol. The molecule has 1 aliphatic heterocycles. The Hall–Kier alpha value is -0.330. The molecule has 1 aliphatic carbocycles. The minimum atomic E-state index is -2.92. The van der Waals surface area contributed by atoms with Crippen molar-refractivity contribution in [2.24, 2.45) is 5.92 Å². The van der Waals surface area contributed by atoms with E-state index >= 15 is 0 Å². The maximum Gasteiger partial charge on any atom is 0.236 e. The molecule has 0 aromatic heterocycles. The van der Waals surface area contributed by atoms with E-state index in [1.54, 1.807) is 4.90 Å². The van der Waals surface area contributed by atoms with Crippen LogP contribution in [0.3, 0.4) is 0 Å². The fraction of sp³-hybridized carbons (Fsp3) is 0.917. The molecule has 2 rings (SSSR count). The molecule has 1 amide bonds. The van der Waals surface area contributed by atoms with Gasteiger partial charge in [-0.25, -0.2) is 8.42 Å². The summed E-state index contributed by atoms with van der Waals surface area (Å²) in [5.74, 6) is 1.13. The maximum atomic E-state index is 12.0. The van der Waals surface area contributed by atoms with Crippen molar-refractivity contribution in [3.05, 3.63) is 0 Å². The molecule has 0 aromatic carbocycles. The van der Waals surface area contributed by atoms with E-state index in [1.807, 2.05) is 6.92 Å². The zero-order valence-corrected chi connectivity index (χ0v) is 12.9. The van der Waals surface area contributed by atoms with Crippen molar-refractivity contribution in [2.75, 3.05) is 31.1 Å². The quantitative estimate of drug-likeness (QED) is 0.773. The van der Waals surface area contributed by atoms with E-state index in [-0.39, 0.29) is 35.9 Å². The van der Waals surface area contributed by atoms with Crippen LogP contribution < -0.4 is 5.32 Å². The van der Waals surface area contributed by atoms with E-state index in [2.05, 4.69) is 5.32 Å². The molecule has 2 fully saturated rings. The summed E-state index contributed by atoms with van der Waals surface area (Å²) < 4.78 is 22.9. The third-order valence-electron chi connectivity index (χ3n) is 3.72. The van der Waals surface area contributed by atoms with Gasteiger partial charge >= 0.3 is 0 Å². The summed E-state index contributed by atoms with van der Waals surface area (Å²) in [7, 11) is -2.92. The molecule has 2 aliphatic rings. The van der Waals surface area contributed by atoms with E-state index < -0.39 is 9.84 Å². The van der Waals surface area contributed by atoms with E-state index in [4.69, 9.17) is 0 Å². The second-order valence-electron chi connectivity index (χ2n) is 5.31. The smallest absolute Gasteiger partial charge is 0.236 e. The summed E-state index contributed by atoms with van der Waals surface area (Å²) >= 11 is 0. The Morgan fingerprint density at radius 3 is 2.47 bits per heavy atom. The molecule has 1 atom stereocenters. The van der Waals surface area contributed by atoms with Gasteiger partial charge in [-0.3, -0.25) is 4.79 Å². The number of likely N-dealkylation sites (N-methyl/N-ethyl adjacent to an activating group) is 1. The summed E-state index contributed by atoms with van der Waals surface area (Å²) in [6.45, 7) is 3.74. The summed E-state index contributed by atoms with van der Waals surface area (Å²) in [4.78, 5) is 13.8. The van der Waals surface area contributed by atoms with Crippen molar-refractivity contribution in [1.29, 1.82) is 0 Å². The molecule has 1 unspecified atom stereocenters. The lowest BCUT2D eigenvalue weighted by Gasteiger charge is -2.27. The van der Waals surface area contributed by atoms with Crippen LogP contribution in [-0.2, 0) is 14.6 Å². The highest BCUT2D eigenvalue weighted by Crippen LogP contribution is 2.27. The average Bonchev–Trinajstić information content (AvgIpc) is 3.04. The number of halogens is 1. The van der Waals surface area contributed by atoms with Gasteiger partial charge < -0.3 is 10.2 Å². The van der Waals surface area contributed by atoms with Gasteiger partial charge in [-0.15, -0.1) is 12.4 Å². The van der Waals surface area contributed by atoms with Crippen molar-refractivity contribution in [1.82, 2.24) is 10.2 Å². The van der Waals surface area contributed by atoms with Gasteiger partial charge in [0.25, 0.3) is 0 Å². The topological polar surface area (TPSA) is 66.5 Å². The first-order chi connectivity index (χ1) is 8.52. The van der Waals surface area contributed by atoms with Crippen LogP contribution >= 0.6 is 12.4 Å². The number of carbonyl (C=O) groups excluding carboxylic acids is 1. The molecular formula is C12H23ClN2O3S. The van der Waals surface area contributed by atoms with Crippen molar-refractivity contribution < 1.29 is 13.2 Å². The normalized spacial score (nSPS) is 24.8. The van der Waals surface area contributed by atoms with E-state index in [0.717, 1.165) is 12.5 Å². The standard InChI is InChI=1S/C12H22N2O3S.ClH/c1-2-14(11-5-6-18(16,17)9-11)12(15)8-13-7-10-3-4-10;/h10-11,13H,2-9H2,1H3;1H. The number of carbonyl (C=O) groups is 1. The number of hydrogen-bond donors (Lipinski definition) is 1. The van der Waals surface area contributed by atoms with Gasteiger partial charge in [-0.1, -0.05) is 0 Å². The SMILES string of the molecule is CCN(C(=O)CNCC1CC1)C1CCS(=O)(=O)C1.Cl. The molecule has 0 spiro atoms. The number of hydrogen-bond acceptors (Lipinski definition) is 4. The highest BCUT2D eigenvalue weighted by Gasteiger charge is 2.33. The summed E-state index contributed by atoms with van der Waals surface area (Å²) in [6.07, 6.45) is 3.11. The monoisotopic (exact) mass is 310 g/mol. The minimum absolute atomic E-state index is 0. The molecule has 1 saturated carbocycles. The Labute approximate surface area is 121 Å². The highest BCUT2D eigenvalue weighted by atomic mass is 35.5. The van der Waals surface area contributed by atoms with Gasteiger partial charge in [0.05, 0.1) is 18.1 Å². The van der Waals surface area contributed by atoms with Gasteiger partial charge in [0.1, 0.15) is 0 Å². The predicted octanol–water partition coefficient (Wildman–Crippen LogP) is 0.443. The first-order valence-electron chi connectivity index (χ1n) is 6.72. The Balaban J connectivity index is 0.00000180. The lowest BCUT2D eigenvalue weighted by molar-refractivity contribution is -0.131. The van der Waals surface area contributed by atoms with Gasteiger partial charge in [0.2, 0.25) is 5.91 Å². The molecule has 0 radical (unpaired) electrons. The second kappa shape index (κ2) is 6.90. The fourth-order valence-corrected chi connectivity index (χ4v) is 4.20. The van der Waals surface area contributed by atoms with Crippen molar-refractivity contribution in [3.8, 4) is 0 Å². The highest BCUT2D eigenvalue weighted by molar-refractivity contribution is 7.91. The molecule has 0 bridgehead atoms. The fourth-order valence-electron chi connectivity index (χ4n) is 2.47. The largest absolute Gasteiger partial charge is 0.338 e. The Kier molecular flexibility index (Phi) is 6.08. The van der Waals surface area contributed by atoms with Crippen LogP contribution in [0.25, 0.3) is 0 Å². The summed E-state index contributed by atoms with van der Waals surface area (Å²) in [5, 5.41) is 3.17. The lowest BCUT2D eigenvalue weighted by Crippen LogP contribution is -2.45. The molecule has 1 saturated heterocycles. The van der Waals surface area contributed by atoms with Crippen LogP contribution in [0.1, 0.15) is 26.2 Å². The van der Waals surface area contributed by atoms with Crippen LogP contribution in [0.15, 0.2) is 0 Å². The predicted molar refractivity (Wildman–Crippen MR) is 77.3 cm³/mol. The van der Waals surface area contributed by atoms with Crippen LogP contribution in [0.2, 0.25) is 0 Å². The molecule has 1 heterocycles. The zero-order valence-electron chi connectivity index (χ0n) is 11.3. The number of amides is 1. The van der Waals surface area contributed by atoms with Gasteiger partial charge in [-0.05, 0) is 38.6 Å². The lowest BCUT2D eigenvalue weighted by atomic mass is 10.2. The number of rotatable bonds is 6. The molecule has 7 heteroatoms. The third kappa shape index (κ3) is 4.93. The van der Waals surface area contributed by atoms with Gasteiger partial charge in [-0.2, -0.15) is 0 Å². The number of nitrogens with zero attached hydrogens (tertiary/aromatic N) is 1. The van der Waals surface area contributed by atoms with Crippen molar-refractivity contribution in [3.63, 3.8) is 0 Å². The van der Waals surface area contributed by atoms with E-state index in [1.165, 1.54) is 12.8 Å².